The molecular weight excluding hydrogens is 382 g/mol. The van der Waals surface area contributed by atoms with Gasteiger partial charge in [-0.15, -0.1) is 15.3 Å². The largest absolute Gasteiger partial charge is 0.484 e. The Balaban J connectivity index is 1.28. The van der Waals surface area contributed by atoms with Gasteiger partial charge in [-0.3, -0.25) is 4.79 Å². The molecule has 0 fully saturated rings. The topological polar surface area (TPSA) is 90.6 Å². The monoisotopic (exact) mass is 403 g/mol. The van der Waals surface area contributed by atoms with E-state index in [1.807, 2.05) is 61.5 Å². The Labute approximate surface area is 173 Å². The van der Waals surface area contributed by atoms with Crippen LogP contribution in [0.4, 0.5) is 0 Å². The summed E-state index contributed by atoms with van der Waals surface area (Å²) in [7, 11) is 0. The van der Waals surface area contributed by atoms with Gasteiger partial charge in [0.05, 0.1) is 6.54 Å². The number of aryl methyl sites for hydroxylation is 1. The number of hydrogen-bond donors (Lipinski definition) is 1. The number of fused-ring (bicyclic) bond motifs is 1. The van der Waals surface area contributed by atoms with Crippen LogP contribution < -0.4 is 14.8 Å². The Morgan fingerprint density at radius 1 is 1.00 bits per heavy atom. The normalized spacial score (nSPS) is 10.7. The molecule has 2 aromatic heterocycles. The van der Waals surface area contributed by atoms with E-state index in [1.165, 1.54) is 0 Å². The molecule has 0 saturated heterocycles. The fraction of sp³-hybridized carbons (Fsp3) is 0.182. The van der Waals surface area contributed by atoms with Gasteiger partial charge in [0, 0.05) is 11.6 Å². The van der Waals surface area contributed by atoms with Crippen molar-refractivity contribution in [3.63, 3.8) is 0 Å². The summed E-state index contributed by atoms with van der Waals surface area (Å²) in [6, 6.07) is 20.8. The molecule has 0 aliphatic heterocycles. The number of aromatic nitrogens is 4. The highest BCUT2D eigenvalue weighted by Gasteiger charge is 2.10. The minimum absolute atomic E-state index is 0.0468. The number of nitrogens with zero attached hydrogens (tertiary/aromatic N) is 4. The highest BCUT2D eigenvalue weighted by atomic mass is 16.5. The molecule has 0 aliphatic carbocycles. The van der Waals surface area contributed by atoms with Gasteiger partial charge in [0.15, 0.2) is 18.1 Å². The quantitative estimate of drug-likeness (QED) is 0.455. The number of carbonyl (C=O) groups is 1. The molecule has 4 aromatic rings. The maximum atomic E-state index is 11.9. The van der Waals surface area contributed by atoms with Gasteiger partial charge in [-0.1, -0.05) is 42.5 Å². The molecule has 1 N–H and O–H groups in total. The van der Waals surface area contributed by atoms with Crippen LogP contribution in [0.3, 0.4) is 0 Å². The highest BCUT2D eigenvalue weighted by molar-refractivity contribution is 5.77. The molecule has 8 heteroatoms. The van der Waals surface area contributed by atoms with E-state index in [1.54, 1.807) is 16.6 Å². The van der Waals surface area contributed by atoms with Gasteiger partial charge in [0.1, 0.15) is 12.4 Å². The van der Waals surface area contributed by atoms with Gasteiger partial charge < -0.3 is 14.8 Å². The molecule has 30 heavy (non-hydrogen) atoms. The Morgan fingerprint density at radius 2 is 1.87 bits per heavy atom. The first-order valence-corrected chi connectivity index (χ1v) is 9.56. The van der Waals surface area contributed by atoms with Gasteiger partial charge in [-0.2, -0.15) is 4.52 Å². The van der Waals surface area contributed by atoms with Crippen LogP contribution in [0.15, 0.2) is 66.7 Å². The smallest absolute Gasteiger partial charge is 0.258 e. The van der Waals surface area contributed by atoms with E-state index in [0.29, 0.717) is 29.6 Å². The van der Waals surface area contributed by atoms with E-state index < -0.39 is 0 Å². The van der Waals surface area contributed by atoms with E-state index in [0.717, 1.165) is 11.1 Å². The summed E-state index contributed by atoms with van der Waals surface area (Å²) in [5, 5.41) is 15.5. The number of hydrogen-bond acceptors (Lipinski definition) is 6. The zero-order valence-corrected chi connectivity index (χ0v) is 16.5. The second kappa shape index (κ2) is 9.04. The van der Waals surface area contributed by atoms with Gasteiger partial charge in [0.25, 0.3) is 5.91 Å². The minimum Gasteiger partial charge on any atom is -0.484 e. The molecule has 4 rings (SSSR count). The Hall–Kier alpha value is -3.94. The molecule has 0 aliphatic rings. The summed E-state index contributed by atoms with van der Waals surface area (Å²) in [5.74, 6) is 1.51. The summed E-state index contributed by atoms with van der Waals surface area (Å²) in [4.78, 5) is 11.9. The molecule has 1 amide bonds. The molecule has 0 saturated carbocycles. The third kappa shape index (κ3) is 4.72. The highest BCUT2D eigenvalue weighted by Crippen LogP contribution is 2.18. The van der Waals surface area contributed by atoms with Crippen LogP contribution >= 0.6 is 0 Å². The molecule has 0 spiro atoms. The van der Waals surface area contributed by atoms with Crippen molar-refractivity contribution in [2.24, 2.45) is 0 Å². The zero-order valence-electron chi connectivity index (χ0n) is 16.5. The maximum absolute atomic E-state index is 11.9. The summed E-state index contributed by atoms with van der Waals surface area (Å²) in [5.41, 5.74) is 2.62. The van der Waals surface area contributed by atoms with Gasteiger partial charge in [-0.05, 0) is 30.7 Å². The number of carbonyl (C=O) groups excluding carboxylic acids is 1. The van der Waals surface area contributed by atoms with Crippen LogP contribution in [0.2, 0.25) is 0 Å². The molecular formula is C22H21N5O3. The predicted octanol–water partition coefficient (Wildman–Crippen LogP) is 2.67. The third-order valence-electron chi connectivity index (χ3n) is 4.30. The van der Waals surface area contributed by atoms with Crippen molar-refractivity contribution in [2.75, 3.05) is 19.8 Å². The van der Waals surface area contributed by atoms with Crippen LogP contribution in [0.25, 0.3) is 17.0 Å². The average Bonchev–Trinajstić information content (AvgIpc) is 3.19. The SMILES string of the molecule is Cc1cccc(OCC(=O)NCCOc2ccc3nnc(-c4ccccc4)n3n2)c1. The summed E-state index contributed by atoms with van der Waals surface area (Å²) in [6.45, 7) is 2.54. The van der Waals surface area contributed by atoms with Crippen LogP contribution in [0, 0.1) is 6.92 Å². The lowest BCUT2D eigenvalue weighted by Crippen LogP contribution is -2.32. The van der Waals surface area contributed by atoms with E-state index >= 15 is 0 Å². The Bertz CT molecular complexity index is 1140. The summed E-state index contributed by atoms with van der Waals surface area (Å²) >= 11 is 0. The van der Waals surface area contributed by atoms with E-state index in [4.69, 9.17) is 9.47 Å². The first-order chi connectivity index (χ1) is 14.7. The number of benzene rings is 2. The second-order valence-corrected chi connectivity index (χ2v) is 6.63. The van der Waals surface area contributed by atoms with Crippen molar-refractivity contribution in [2.45, 2.75) is 6.92 Å². The first-order valence-electron chi connectivity index (χ1n) is 9.56. The summed E-state index contributed by atoms with van der Waals surface area (Å²) in [6.07, 6.45) is 0. The van der Waals surface area contributed by atoms with Crippen molar-refractivity contribution in [3.8, 4) is 23.0 Å². The van der Waals surface area contributed by atoms with Crippen LogP contribution in [-0.2, 0) is 4.79 Å². The van der Waals surface area contributed by atoms with Gasteiger partial charge >= 0.3 is 0 Å². The fourth-order valence-electron chi connectivity index (χ4n) is 2.87. The zero-order chi connectivity index (χ0) is 20.8. The van der Waals surface area contributed by atoms with Crippen molar-refractivity contribution in [1.82, 2.24) is 25.1 Å². The maximum Gasteiger partial charge on any atom is 0.258 e. The summed E-state index contributed by atoms with van der Waals surface area (Å²) < 4.78 is 12.8. The Kier molecular flexibility index (Phi) is 5.84. The number of amides is 1. The molecule has 152 valence electrons. The fourth-order valence-corrected chi connectivity index (χ4v) is 2.87. The molecule has 0 radical (unpaired) electrons. The average molecular weight is 403 g/mol. The van der Waals surface area contributed by atoms with E-state index in [-0.39, 0.29) is 19.1 Å². The lowest BCUT2D eigenvalue weighted by atomic mass is 10.2. The number of ether oxygens (including phenoxy) is 2. The van der Waals surface area contributed by atoms with Crippen LogP contribution in [0.5, 0.6) is 11.6 Å². The first kappa shape index (κ1) is 19.4. The lowest BCUT2D eigenvalue weighted by molar-refractivity contribution is -0.123. The van der Waals surface area contributed by atoms with E-state index in [2.05, 4.69) is 20.6 Å². The lowest BCUT2D eigenvalue weighted by Gasteiger charge is -2.09. The molecule has 2 heterocycles. The molecule has 0 unspecified atom stereocenters. The van der Waals surface area contributed by atoms with Crippen molar-refractivity contribution in [3.05, 3.63) is 72.3 Å². The Morgan fingerprint density at radius 3 is 2.70 bits per heavy atom. The second-order valence-electron chi connectivity index (χ2n) is 6.63. The van der Waals surface area contributed by atoms with Gasteiger partial charge in [-0.25, -0.2) is 0 Å². The van der Waals surface area contributed by atoms with Crippen molar-refractivity contribution in [1.29, 1.82) is 0 Å². The third-order valence-corrected chi connectivity index (χ3v) is 4.30. The molecule has 8 nitrogen and oxygen atoms in total. The number of nitrogens with one attached hydrogen (secondary N) is 1. The molecule has 0 atom stereocenters. The van der Waals surface area contributed by atoms with Crippen molar-refractivity contribution >= 4 is 11.6 Å². The number of rotatable bonds is 8. The molecule has 0 bridgehead atoms. The van der Waals surface area contributed by atoms with Crippen LogP contribution in [-0.4, -0.2) is 45.5 Å². The van der Waals surface area contributed by atoms with Crippen LogP contribution in [0.1, 0.15) is 5.56 Å². The standard InChI is InChI=1S/C22H21N5O3/c1-16-6-5-9-18(14-16)30-15-20(28)23-12-13-29-21-11-10-19-24-25-22(27(19)26-21)17-7-3-2-4-8-17/h2-11,14H,12-13,15H2,1H3,(H,23,28). The minimum atomic E-state index is -0.214. The van der Waals surface area contributed by atoms with E-state index in [9.17, 15) is 4.79 Å². The van der Waals surface area contributed by atoms with Gasteiger partial charge in [0.2, 0.25) is 5.88 Å². The molecule has 2 aromatic carbocycles. The predicted molar refractivity (Wildman–Crippen MR) is 111 cm³/mol. The van der Waals surface area contributed by atoms with Crippen molar-refractivity contribution < 1.29 is 14.3 Å².